The number of nitrogens with zero attached hydrogens (tertiary/aromatic N) is 1. The molecule has 1 rings (SSSR count). The van der Waals surface area contributed by atoms with Crippen LogP contribution in [-0.2, 0) is 16.4 Å². The highest BCUT2D eigenvalue weighted by atomic mass is 32.2. The maximum atomic E-state index is 12.0. The molecule has 0 heterocycles. The van der Waals surface area contributed by atoms with Gasteiger partial charge >= 0.3 is 0 Å². The molecular formula is C13H18N2O2S. The maximum absolute atomic E-state index is 12.0. The molecule has 0 spiro atoms. The zero-order valence-electron chi connectivity index (χ0n) is 10.7. The van der Waals surface area contributed by atoms with Crippen molar-refractivity contribution in [2.75, 3.05) is 0 Å². The molecule has 0 fully saturated rings. The molecule has 1 atom stereocenters. The standard InChI is InChI=1S/C13H18N2O2S/c1-3-4-12-5-7-13(8-6-12)18(16,17)15-11(2)9-10-14/h5-8,11,15H,3-4,9H2,1-2H3. The number of sulfonamides is 1. The summed E-state index contributed by atoms with van der Waals surface area (Å²) in [4.78, 5) is 0.243. The molecule has 0 aliphatic carbocycles. The van der Waals surface area contributed by atoms with Crippen molar-refractivity contribution in [2.24, 2.45) is 0 Å². The van der Waals surface area contributed by atoms with Gasteiger partial charge in [0, 0.05) is 6.04 Å². The van der Waals surface area contributed by atoms with Crippen LogP contribution in [0.15, 0.2) is 29.2 Å². The number of hydrogen-bond acceptors (Lipinski definition) is 3. The Morgan fingerprint density at radius 3 is 2.44 bits per heavy atom. The zero-order valence-corrected chi connectivity index (χ0v) is 11.5. The van der Waals surface area contributed by atoms with Crippen LogP contribution in [0.2, 0.25) is 0 Å². The number of hydrogen-bond donors (Lipinski definition) is 1. The van der Waals surface area contributed by atoms with E-state index in [0.29, 0.717) is 0 Å². The number of rotatable bonds is 6. The summed E-state index contributed by atoms with van der Waals surface area (Å²) in [5, 5.41) is 8.51. The van der Waals surface area contributed by atoms with Crippen molar-refractivity contribution < 1.29 is 8.42 Å². The van der Waals surface area contributed by atoms with Crippen molar-refractivity contribution in [3.05, 3.63) is 29.8 Å². The average molecular weight is 266 g/mol. The molecule has 1 unspecified atom stereocenters. The highest BCUT2D eigenvalue weighted by Gasteiger charge is 2.16. The number of nitriles is 1. The van der Waals surface area contributed by atoms with Gasteiger partial charge in [0.25, 0.3) is 0 Å². The van der Waals surface area contributed by atoms with Crippen molar-refractivity contribution >= 4 is 10.0 Å². The fourth-order valence-corrected chi connectivity index (χ4v) is 2.88. The number of benzene rings is 1. The van der Waals surface area contributed by atoms with E-state index in [0.717, 1.165) is 18.4 Å². The summed E-state index contributed by atoms with van der Waals surface area (Å²) in [5.74, 6) is 0. The van der Waals surface area contributed by atoms with Gasteiger partial charge in [-0.2, -0.15) is 5.26 Å². The summed E-state index contributed by atoms with van der Waals surface area (Å²) in [5.41, 5.74) is 1.13. The van der Waals surface area contributed by atoms with Crippen molar-refractivity contribution in [1.29, 1.82) is 5.26 Å². The van der Waals surface area contributed by atoms with Crippen molar-refractivity contribution in [2.45, 2.75) is 44.0 Å². The summed E-state index contributed by atoms with van der Waals surface area (Å²) < 4.78 is 26.4. The second-order valence-corrected chi connectivity index (χ2v) is 5.99. The zero-order chi connectivity index (χ0) is 13.6. The third-order valence-electron chi connectivity index (χ3n) is 2.53. The molecule has 5 heteroatoms. The van der Waals surface area contributed by atoms with Gasteiger partial charge in [-0.3, -0.25) is 0 Å². The minimum atomic E-state index is -3.51. The van der Waals surface area contributed by atoms with Gasteiger partial charge in [-0.25, -0.2) is 13.1 Å². The second kappa shape index (κ2) is 6.53. The smallest absolute Gasteiger partial charge is 0.207 e. The molecular weight excluding hydrogens is 248 g/mol. The van der Waals surface area contributed by atoms with Gasteiger partial charge in [-0.1, -0.05) is 25.5 Å². The van der Waals surface area contributed by atoms with E-state index >= 15 is 0 Å². The van der Waals surface area contributed by atoms with Crippen molar-refractivity contribution in [3.8, 4) is 6.07 Å². The lowest BCUT2D eigenvalue weighted by Crippen LogP contribution is -2.32. The Labute approximate surface area is 109 Å². The lowest BCUT2D eigenvalue weighted by Gasteiger charge is -2.11. The SMILES string of the molecule is CCCc1ccc(S(=O)(=O)NC(C)CC#N)cc1. The fraction of sp³-hybridized carbons (Fsp3) is 0.462. The molecule has 98 valence electrons. The van der Waals surface area contributed by atoms with Crippen LogP contribution >= 0.6 is 0 Å². The first-order valence-corrected chi connectivity index (χ1v) is 7.46. The van der Waals surface area contributed by atoms with Crippen LogP contribution in [0.3, 0.4) is 0 Å². The second-order valence-electron chi connectivity index (χ2n) is 4.28. The van der Waals surface area contributed by atoms with E-state index in [4.69, 9.17) is 5.26 Å². The van der Waals surface area contributed by atoms with Crippen LogP contribution in [0.5, 0.6) is 0 Å². The van der Waals surface area contributed by atoms with Gasteiger partial charge in [-0.05, 0) is 31.0 Å². The predicted octanol–water partition coefficient (Wildman–Crippen LogP) is 2.22. The minimum Gasteiger partial charge on any atom is -0.207 e. The first-order valence-electron chi connectivity index (χ1n) is 5.98. The molecule has 0 aliphatic rings. The van der Waals surface area contributed by atoms with E-state index in [9.17, 15) is 8.42 Å². The molecule has 0 bridgehead atoms. The monoisotopic (exact) mass is 266 g/mol. The van der Waals surface area contributed by atoms with Gasteiger partial charge in [0.15, 0.2) is 0 Å². The minimum absolute atomic E-state index is 0.160. The van der Waals surface area contributed by atoms with Crippen LogP contribution in [0, 0.1) is 11.3 Å². The van der Waals surface area contributed by atoms with E-state index < -0.39 is 10.0 Å². The van der Waals surface area contributed by atoms with Crippen LogP contribution in [-0.4, -0.2) is 14.5 Å². The van der Waals surface area contributed by atoms with Gasteiger partial charge in [0.05, 0.1) is 17.4 Å². The van der Waals surface area contributed by atoms with Gasteiger partial charge in [0.2, 0.25) is 10.0 Å². The Kier molecular flexibility index (Phi) is 5.32. The molecule has 1 aromatic rings. The summed E-state index contributed by atoms with van der Waals surface area (Å²) in [6.45, 7) is 3.75. The maximum Gasteiger partial charge on any atom is 0.240 e. The van der Waals surface area contributed by atoms with Crippen LogP contribution in [0.4, 0.5) is 0 Å². The lowest BCUT2D eigenvalue weighted by molar-refractivity contribution is 0.563. The number of nitrogens with one attached hydrogen (secondary N) is 1. The third kappa shape index (κ3) is 4.13. The Bertz CT molecular complexity index is 515. The molecule has 0 saturated carbocycles. The fourth-order valence-electron chi connectivity index (χ4n) is 1.64. The van der Waals surface area contributed by atoms with E-state index in [2.05, 4.69) is 11.6 Å². The molecule has 0 radical (unpaired) electrons. The Morgan fingerprint density at radius 1 is 1.33 bits per heavy atom. The van der Waals surface area contributed by atoms with E-state index in [1.807, 2.05) is 18.2 Å². The lowest BCUT2D eigenvalue weighted by atomic mass is 10.1. The molecule has 1 aromatic carbocycles. The Hall–Kier alpha value is -1.38. The molecule has 0 aromatic heterocycles. The molecule has 0 aliphatic heterocycles. The molecule has 4 nitrogen and oxygen atoms in total. The van der Waals surface area contributed by atoms with Crippen molar-refractivity contribution in [3.63, 3.8) is 0 Å². The average Bonchev–Trinajstić information content (AvgIpc) is 2.29. The van der Waals surface area contributed by atoms with Gasteiger partial charge in [-0.15, -0.1) is 0 Å². The topological polar surface area (TPSA) is 70.0 Å². The van der Waals surface area contributed by atoms with Gasteiger partial charge < -0.3 is 0 Å². The van der Waals surface area contributed by atoms with Crippen LogP contribution < -0.4 is 4.72 Å². The summed E-state index contributed by atoms with van der Waals surface area (Å²) >= 11 is 0. The predicted molar refractivity (Wildman–Crippen MR) is 70.5 cm³/mol. The van der Waals surface area contributed by atoms with Crippen LogP contribution in [0.1, 0.15) is 32.3 Å². The molecule has 1 N–H and O–H groups in total. The molecule has 18 heavy (non-hydrogen) atoms. The third-order valence-corrected chi connectivity index (χ3v) is 4.13. The highest BCUT2D eigenvalue weighted by molar-refractivity contribution is 7.89. The van der Waals surface area contributed by atoms with Gasteiger partial charge in [0.1, 0.15) is 0 Å². The van der Waals surface area contributed by atoms with E-state index in [1.54, 1.807) is 19.1 Å². The van der Waals surface area contributed by atoms with E-state index in [1.165, 1.54) is 0 Å². The Morgan fingerprint density at radius 2 is 1.94 bits per heavy atom. The molecule has 0 saturated heterocycles. The first kappa shape index (κ1) is 14.7. The highest BCUT2D eigenvalue weighted by Crippen LogP contribution is 2.12. The normalized spacial score (nSPS) is 12.9. The summed E-state index contributed by atoms with van der Waals surface area (Å²) in [6, 6.07) is 8.42. The van der Waals surface area contributed by atoms with Crippen molar-refractivity contribution in [1.82, 2.24) is 4.72 Å². The number of aryl methyl sites for hydroxylation is 1. The first-order chi connectivity index (χ1) is 8.49. The molecule has 0 amide bonds. The van der Waals surface area contributed by atoms with E-state index in [-0.39, 0.29) is 17.4 Å². The quantitative estimate of drug-likeness (QED) is 0.858. The summed E-state index contributed by atoms with van der Waals surface area (Å²) in [6.07, 6.45) is 2.13. The van der Waals surface area contributed by atoms with Crippen LogP contribution in [0.25, 0.3) is 0 Å². The summed E-state index contributed by atoms with van der Waals surface area (Å²) in [7, 11) is -3.51. The largest absolute Gasteiger partial charge is 0.240 e. The Balaban J connectivity index is 2.82.